The summed E-state index contributed by atoms with van der Waals surface area (Å²) in [6, 6.07) is 2.00. The standard InChI is InChI=1S/C12H8BrF3N2O4/c1-21-10(19)8-6-3-5(13)4-7(12(14,15)16)18(6)17-9(8)11(20)22-2/h3-4H,1-2H3. The normalized spacial score (nSPS) is 11.5. The van der Waals surface area contributed by atoms with Crippen LogP contribution in [0.4, 0.5) is 13.2 Å². The summed E-state index contributed by atoms with van der Waals surface area (Å²) in [7, 11) is 2.06. The van der Waals surface area contributed by atoms with E-state index < -0.39 is 35.1 Å². The third-order valence-corrected chi connectivity index (χ3v) is 3.22. The zero-order valence-corrected chi connectivity index (χ0v) is 12.8. The molecule has 0 saturated carbocycles. The molecule has 0 N–H and O–H groups in total. The molecule has 0 fully saturated rings. The minimum atomic E-state index is -4.74. The highest BCUT2D eigenvalue weighted by atomic mass is 79.9. The van der Waals surface area contributed by atoms with Crippen LogP contribution in [0.1, 0.15) is 26.5 Å². The Morgan fingerprint density at radius 3 is 2.27 bits per heavy atom. The van der Waals surface area contributed by atoms with Gasteiger partial charge in [0.15, 0.2) is 5.69 Å². The van der Waals surface area contributed by atoms with Gasteiger partial charge >= 0.3 is 18.1 Å². The van der Waals surface area contributed by atoms with Gasteiger partial charge in [-0.15, -0.1) is 0 Å². The lowest BCUT2D eigenvalue weighted by Gasteiger charge is -2.09. The molecule has 0 atom stereocenters. The number of rotatable bonds is 2. The maximum Gasteiger partial charge on any atom is 0.433 e. The number of hydrogen-bond acceptors (Lipinski definition) is 5. The van der Waals surface area contributed by atoms with Gasteiger partial charge in [0, 0.05) is 4.47 Å². The molecule has 0 aromatic carbocycles. The highest BCUT2D eigenvalue weighted by molar-refractivity contribution is 9.10. The first-order valence-corrected chi connectivity index (χ1v) is 6.46. The Bertz CT molecular complexity index is 770. The Kier molecular flexibility index (Phi) is 4.14. The van der Waals surface area contributed by atoms with Crippen molar-refractivity contribution in [2.24, 2.45) is 0 Å². The Labute approximate surface area is 129 Å². The third-order valence-electron chi connectivity index (χ3n) is 2.76. The third kappa shape index (κ3) is 2.65. The summed E-state index contributed by atoms with van der Waals surface area (Å²) in [5.41, 5.74) is -2.34. The predicted octanol–water partition coefficient (Wildman–Crippen LogP) is 2.69. The van der Waals surface area contributed by atoms with Gasteiger partial charge < -0.3 is 9.47 Å². The molecule has 0 radical (unpaired) electrons. The molecule has 2 aromatic rings. The smallest absolute Gasteiger partial charge is 0.433 e. The van der Waals surface area contributed by atoms with Crippen molar-refractivity contribution in [3.05, 3.63) is 33.6 Å². The first-order valence-electron chi connectivity index (χ1n) is 5.66. The average molecular weight is 381 g/mol. The van der Waals surface area contributed by atoms with Crippen molar-refractivity contribution in [2.75, 3.05) is 14.2 Å². The van der Waals surface area contributed by atoms with Gasteiger partial charge in [-0.05, 0) is 12.1 Å². The van der Waals surface area contributed by atoms with Crippen molar-refractivity contribution in [3.63, 3.8) is 0 Å². The van der Waals surface area contributed by atoms with Crippen molar-refractivity contribution in [1.29, 1.82) is 0 Å². The first-order chi connectivity index (χ1) is 10.2. The number of methoxy groups -OCH3 is 2. The number of carbonyl (C=O) groups is 2. The SMILES string of the molecule is COC(=O)c1nn2c(C(F)(F)F)cc(Br)cc2c1C(=O)OC. The van der Waals surface area contributed by atoms with Crippen molar-refractivity contribution in [3.8, 4) is 0 Å². The van der Waals surface area contributed by atoms with E-state index in [1.165, 1.54) is 6.07 Å². The van der Waals surface area contributed by atoms with Crippen LogP contribution in [0.25, 0.3) is 5.52 Å². The van der Waals surface area contributed by atoms with Gasteiger partial charge in [-0.3, -0.25) is 0 Å². The fraction of sp³-hybridized carbons (Fsp3) is 0.250. The minimum Gasteiger partial charge on any atom is -0.465 e. The monoisotopic (exact) mass is 380 g/mol. The zero-order valence-electron chi connectivity index (χ0n) is 11.2. The van der Waals surface area contributed by atoms with Gasteiger partial charge in [-0.25, -0.2) is 14.1 Å². The Morgan fingerprint density at radius 2 is 1.77 bits per heavy atom. The number of alkyl halides is 3. The molecule has 0 saturated heterocycles. The van der Waals surface area contributed by atoms with Crippen LogP contribution in [0.15, 0.2) is 16.6 Å². The predicted molar refractivity (Wildman–Crippen MR) is 70.6 cm³/mol. The van der Waals surface area contributed by atoms with Gasteiger partial charge in [0.1, 0.15) is 11.3 Å². The maximum absolute atomic E-state index is 13.1. The summed E-state index contributed by atoms with van der Waals surface area (Å²) < 4.78 is 48.7. The van der Waals surface area contributed by atoms with E-state index in [0.29, 0.717) is 4.52 Å². The molecule has 2 heterocycles. The molecule has 0 aliphatic heterocycles. The molecule has 0 aliphatic rings. The second-order valence-electron chi connectivity index (χ2n) is 4.06. The number of pyridine rings is 1. The molecule has 0 aliphatic carbocycles. The van der Waals surface area contributed by atoms with Gasteiger partial charge in [0.2, 0.25) is 0 Å². The summed E-state index contributed by atoms with van der Waals surface area (Å²) in [4.78, 5) is 23.5. The van der Waals surface area contributed by atoms with Crippen LogP contribution in [0.5, 0.6) is 0 Å². The number of aromatic nitrogens is 2. The van der Waals surface area contributed by atoms with Crippen LogP contribution >= 0.6 is 15.9 Å². The lowest BCUT2D eigenvalue weighted by Crippen LogP contribution is -2.13. The molecular weight excluding hydrogens is 373 g/mol. The van der Waals surface area contributed by atoms with Crippen molar-refractivity contribution < 1.29 is 32.2 Å². The van der Waals surface area contributed by atoms with E-state index in [2.05, 4.69) is 30.5 Å². The molecule has 6 nitrogen and oxygen atoms in total. The molecule has 0 unspecified atom stereocenters. The maximum atomic E-state index is 13.1. The Balaban J connectivity index is 2.93. The molecule has 0 bridgehead atoms. The van der Waals surface area contributed by atoms with E-state index in [-0.39, 0.29) is 9.99 Å². The summed E-state index contributed by atoms with van der Waals surface area (Å²) >= 11 is 2.93. The number of nitrogens with zero attached hydrogens (tertiary/aromatic N) is 2. The fourth-order valence-electron chi connectivity index (χ4n) is 1.86. The van der Waals surface area contributed by atoms with Crippen LogP contribution in [-0.2, 0) is 15.7 Å². The second kappa shape index (κ2) is 5.59. The van der Waals surface area contributed by atoms with E-state index in [1.807, 2.05) is 0 Å². The number of carbonyl (C=O) groups excluding carboxylic acids is 2. The second-order valence-corrected chi connectivity index (χ2v) is 4.98. The van der Waals surface area contributed by atoms with E-state index in [0.717, 1.165) is 20.3 Å². The Morgan fingerprint density at radius 1 is 1.18 bits per heavy atom. The summed E-state index contributed by atoms with van der Waals surface area (Å²) in [6.45, 7) is 0. The quantitative estimate of drug-likeness (QED) is 0.749. The van der Waals surface area contributed by atoms with Crippen LogP contribution in [0.2, 0.25) is 0 Å². The number of fused-ring (bicyclic) bond motifs is 1. The van der Waals surface area contributed by atoms with Crippen LogP contribution in [0, 0.1) is 0 Å². The zero-order chi connectivity index (χ0) is 16.7. The molecule has 22 heavy (non-hydrogen) atoms. The van der Waals surface area contributed by atoms with Crippen molar-refractivity contribution in [1.82, 2.24) is 9.61 Å². The fourth-order valence-corrected chi connectivity index (χ4v) is 2.29. The number of esters is 2. The number of ether oxygens (including phenoxy) is 2. The molecule has 2 rings (SSSR count). The van der Waals surface area contributed by atoms with E-state index in [9.17, 15) is 22.8 Å². The van der Waals surface area contributed by atoms with E-state index in [1.54, 1.807) is 0 Å². The first kappa shape index (κ1) is 16.3. The molecule has 10 heteroatoms. The van der Waals surface area contributed by atoms with Crippen molar-refractivity contribution >= 4 is 33.4 Å². The van der Waals surface area contributed by atoms with Crippen LogP contribution in [0.3, 0.4) is 0 Å². The molecule has 2 aromatic heterocycles. The van der Waals surface area contributed by atoms with Gasteiger partial charge in [-0.2, -0.15) is 18.3 Å². The summed E-state index contributed by atoms with van der Waals surface area (Å²) in [5, 5.41) is 3.56. The summed E-state index contributed by atoms with van der Waals surface area (Å²) in [6.07, 6.45) is -4.74. The molecule has 0 amide bonds. The van der Waals surface area contributed by atoms with Crippen molar-refractivity contribution in [2.45, 2.75) is 6.18 Å². The highest BCUT2D eigenvalue weighted by Gasteiger charge is 2.37. The number of halogens is 4. The van der Waals surface area contributed by atoms with Crippen LogP contribution in [-0.4, -0.2) is 35.8 Å². The van der Waals surface area contributed by atoms with Gasteiger partial charge in [-0.1, -0.05) is 15.9 Å². The van der Waals surface area contributed by atoms with Crippen LogP contribution < -0.4 is 0 Å². The van der Waals surface area contributed by atoms with E-state index >= 15 is 0 Å². The highest BCUT2D eigenvalue weighted by Crippen LogP contribution is 2.33. The average Bonchev–Trinajstić information content (AvgIpc) is 2.82. The van der Waals surface area contributed by atoms with Gasteiger partial charge in [0.05, 0.1) is 19.7 Å². The lowest BCUT2D eigenvalue weighted by atomic mass is 10.2. The molecule has 0 spiro atoms. The molecule has 118 valence electrons. The topological polar surface area (TPSA) is 69.9 Å². The number of hydrogen-bond donors (Lipinski definition) is 0. The summed E-state index contributed by atoms with van der Waals surface area (Å²) in [5.74, 6) is -2.05. The molecular formula is C12H8BrF3N2O4. The van der Waals surface area contributed by atoms with Gasteiger partial charge in [0.25, 0.3) is 0 Å². The minimum absolute atomic E-state index is 0.0637. The lowest BCUT2D eigenvalue weighted by molar-refractivity contribution is -0.142. The Hall–Kier alpha value is -2.10. The largest absolute Gasteiger partial charge is 0.465 e. The van der Waals surface area contributed by atoms with E-state index in [4.69, 9.17) is 0 Å².